The van der Waals surface area contributed by atoms with Crippen LogP contribution in [0.15, 0.2) is 29.4 Å². The monoisotopic (exact) mass is 262 g/mol. The molecule has 0 amide bonds. The topological polar surface area (TPSA) is 102 Å². The number of nitrogens with zero attached hydrogens (tertiary/aromatic N) is 2. The number of aromatic amines is 1. The van der Waals surface area contributed by atoms with E-state index in [1.165, 1.54) is 0 Å². The number of sulfone groups is 1. The first-order chi connectivity index (χ1) is 8.47. The summed E-state index contributed by atoms with van der Waals surface area (Å²) < 4.78 is 23.0. The number of imidazole rings is 1. The number of nitrogen functional groups attached to an aromatic ring is 1. The fourth-order valence-electron chi connectivity index (χ4n) is 1.86. The number of para-hydroxylation sites is 1. The molecule has 0 unspecified atom stereocenters. The number of rotatable bonds is 1. The summed E-state index contributed by atoms with van der Waals surface area (Å²) in [4.78, 5) is 11.0. The van der Waals surface area contributed by atoms with E-state index in [0.29, 0.717) is 16.6 Å². The van der Waals surface area contributed by atoms with Crippen molar-refractivity contribution in [3.8, 4) is 0 Å². The van der Waals surface area contributed by atoms with Crippen LogP contribution in [0.1, 0.15) is 0 Å². The predicted molar refractivity (Wildman–Crippen MR) is 68.9 cm³/mol. The van der Waals surface area contributed by atoms with Crippen molar-refractivity contribution in [2.24, 2.45) is 0 Å². The lowest BCUT2D eigenvalue weighted by molar-refractivity contribution is 0.595. The van der Waals surface area contributed by atoms with Crippen LogP contribution in [0.5, 0.6) is 0 Å². The smallest absolute Gasteiger partial charge is 0.225 e. The Morgan fingerprint density at radius 1 is 1.22 bits per heavy atom. The van der Waals surface area contributed by atoms with Gasteiger partial charge in [-0.1, -0.05) is 18.2 Å². The van der Waals surface area contributed by atoms with E-state index in [4.69, 9.17) is 5.73 Å². The van der Waals surface area contributed by atoms with Gasteiger partial charge in [0.1, 0.15) is 16.9 Å². The van der Waals surface area contributed by atoms with Crippen LogP contribution >= 0.6 is 0 Å². The van der Waals surface area contributed by atoms with Crippen LogP contribution in [0.2, 0.25) is 0 Å². The summed E-state index contributed by atoms with van der Waals surface area (Å²) in [7, 11) is -3.40. The van der Waals surface area contributed by atoms with Crippen LogP contribution in [0.25, 0.3) is 21.9 Å². The molecule has 0 radical (unpaired) electrons. The largest absolute Gasteiger partial charge is 0.382 e. The first-order valence-corrected chi connectivity index (χ1v) is 7.10. The number of nitrogens with two attached hydrogens (primary N) is 1. The van der Waals surface area contributed by atoms with Gasteiger partial charge < -0.3 is 10.7 Å². The van der Waals surface area contributed by atoms with Crippen LogP contribution in [0.4, 0.5) is 5.82 Å². The maximum Gasteiger partial charge on any atom is 0.225 e. The number of anilines is 1. The van der Waals surface area contributed by atoms with Crippen molar-refractivity contribution in [1.29, 1.82) is 0 Å². The molecular weight excluding hydrogens is 252 g/mol. The van der Waals surface area contributed by atoms with Crippen LogP contribution in [0, 0.1) is 0 Å². The second-order valence-electron chi connectivity index (χ2n) is 4.05. The van der Waals surface area contributed by atoms with Crippen molar-refractivity contribution in [3.05, 3.63) is 24.3 Å². The molecule has 0 aliphatic heterocycles. The maximum absolute atomic E-state index is 11.5. The van der Waals surface area contributed by atoms with E-state index in [2.05, 4.69) is 15.0 Å². The second kappa shape index (κ2) is 3.42. The van der Waals surface area contributed by atoms with Gasteiger partial charge in [0.25, 0.3) is 0 Å². The van der Waals surface area contributed by atoms with Crippen LogP contribution in [-0.2, 0) is 9.84 Å². The maximum atomic E-state index is 11.5. The van der Waals surface area contributed by atoms with Crippen molar-refractivity contribution in [2.75, 3.05) is 12.0 Å². The lowest BCUT2D eigenvalue weighted by Crippen LogP contribution is -1.99. The Morgan fingerprint density at radius 2 is 1.94 bits per heavy atom. The summed E-state index contributed by atoms with van der Waals surface area (Å²) in [5.41, 5.74) is 7.47. The number of hydrogen-bond donors (Lipinski definition) is 2. The van der Waals surface area contributed by atoms with Crippen LogP contribution in [-0.4, -0.2) is 29.6 Å². The molecule has 0 bridgehead atoms. The lowest BCUT2D eigenvalue weighted by atomic mass is 10.2. The highest BCUT2D eigenvalue weighted by molar-refractivity contribution is 7.90. The summed E-state index contributed by atoms with van der Waals surface area (Å²) in [5.74, 6) is 0.242. The molecule has 0 atom stereocenters. The quantitative estimate of drug-likeness (QED) is 0.683. The highest BCUT2D eigenvalue weighted by Gasteiger charge is 2.16. The molecule has 7 heteroatoms. The number of hydrogen-bond acceptors (Lipinski definition) is 5. The molecule has 0 saturated carbocycles. The van der Waals surface area contributed by atoms with Crippen LogP contribution in [0.3, 0.4) is 0 Å². The zero-order valence-corrected chi connectivity index (χ0v) is 10.3. The van der Waals surface area contributed by atoms with Crippen molar-refractivity contribution < 1.29 is 8.42 Å². The zero-order valence-electron chi connectivity index (χ0n) is 9.51. The molecular formula is C11H10N4O2S. The van der Waals surface area contributed by atoms with E-state index in [9.17, 15) is 8.42 Å². The standard InChI is InChI=1S/C11H10N4O2S/c1-18(16,17)11-14-8-6-4-2-3-5-7(6)13-10(12)9(8)15-11/h2-5H,1H3,(H2,12,13)(H,14,15). The minimum Gasteiger partial charge on any atom is -0.382 e. The van der Waals surface area contributed by atoms with Gasteiger partial charge in [0, 0.05) is 11.6 Å². The highest BCUT2D eigenvalue weighted by atomic mass is 32.2. The van der Waals surface area contributed by atoms with E-state index in [1.54, 1.807) is 6.07 Å². The third-order valence-electron chi connectivity index (χ3n) is 2.69. The average molecular weight is 262 g/mol. The van der Waals surface area contributed by atoms with Gasteiger partial charge in [-0.15, -0.1) is 0 Å². The zero-order chi connectivity index (χ0) is 12.9. The van der Waals surface area contributed by atoms with E-state index in [-0.39, 0.29) is 11.0 Å². The number of H-pyrrole nitrogens is 1. The molecule has 3 rings (SSSR count). The van der Waals surface area contributed by atoms with E-state index in [1.807, 2.05) is 18.2 Å². The van der Waals surface area contributed by atoms with Crippen molar-refractivity contribution in [3.63, 3.8) is 0 Å². The Morgan fingerprint density at radius 3 is 2.67 bits per heavy atom. The molecule has 1 aromatic carbocycles. The second-order valence-corrected chi connectivity index (χ2v) is 5.98. The number of benzene rings is 1. The van der Waals surface area contributed by atoms with Crippen LogP contribution < -0.4 is 5.73 Å². The molecule has 0 fully saturated rings. The first-order valence-electron chi connectivity index (χ1n) is 5.21. The van der Waals surface area contributed by atoms with Gasteiger partial charge in [0.2, 0.25) is 15.0 Å². The molecule has 2 aromatic heterocycles. The molecule has 0 spiro atoms. The Bertz CT molecular complexity index is 867. The lowest BCUT2D eigenvalue weighted by Gasteiger charge is -1.99. The minimum atomic E-state index is -3.40. The first kappa shape index (κ1) is 11.0. The van der Waals surface area contributed by atoms with Gasteiger partial charge in [0.15, 0.2) is 0 Å². The highest BCUT2D eigenvalue weighted by Crippen LogP contribution is 2.26. The third kappa shape index (κ3) is 1.52. The fourth-order valence-corrected chi connectivity index (χ4v) is 2.41. The Kier molecular flexibility index (Phi) is 2.09. The Hall–Kier alpha value is -2.15. The third-order valence-corrected chi connectivity index (χ3v) is 3.59. The van der Waals surface area contributed by atoms with Gasteiger partial charge in [-0.3, -0.25) is 0 Å². The molecule has 3 N–H and O–H groups in total. The molecule has 2 heterocycles. The summed E-state index contributed by atoms with van der Waals surface area (Å²) in [6, 6.07) is 7.32. The van der Waals surface area contributed by atoms with Gasteiger partial charge in [0.05, 0.1) is 5.52 Å². The molecule has 6 nitrogen and oxygen atoms in total. The molecule has 18 heavy (non-hydrogen) atoms. The normalized spacial score (nSPS) is 12.3. The van der Waals surface area contributed by atoms with E-state index < -0.39 is 9.84 Å². The van der Waals surface area contributed by atoms with E-state index >= 15 is 0 Å². The Balaban J connectivity index is 2.53. The van der Waals surface area contributed by atoms with Crippen molar-refractivity contribution >= 4 is 37.6 Å². The number of nitrogens with one attached hydrogen (secondary N) is 1. The fraction of sp³-hybridized carbons (Fsp3) is 0.0909. The molecule has 3 aromatic rings. The summed E-state index contributed by atoms with van der Waals surface area (Å²) in [6.45, 7) is 0. The van der Waals surface area contributed by atoms with Gasteiger partial charge in [-0.25, -0.2) is 18.4 Å². The van der Waals surface area contributed by atoms with E-state index in [0.717, 1.165) is 11.6 Å². The SMILES string of the molecule is CS(=O)(=O)c1nc2c([nH]1)c(N)nc1ccccc12. The van der Waals surface area contributed by atoms with Gasteiger partial charge in [-0.05, 0) is 6.07 Å². The van der Waals surface area contributed by atoms with Gasteiger partial charge in [-0.2, -0.15) is 0 Å². The minimum absolute atomic E-state index is 0.0950. The number of pyridine rings is 1. The molecule has 92 valence electrons. The Labute approximate surface area is 103 Å². The van der Waals surface area contributed by atoms with Gasteiger partial charge >= 0.3 is 0 Å². The molecule has 0 aliphatic rings. The number of aromatic nitrogens is 3. The van der Waals surface area contributed by atoms with Crippen molar-refractivity contribution in [2.45, 2.75) is 5.16 Å². The predicted octanol–water partition coefficient (Wildman–Crippen LogP) is 1.10. The molecule has 0 aliphatic carbocycles. The molecule has 0 saturated heterocycles. The average Bonchev–Trinajstić information content (AvgIpc) is 2.74. The van der Waals surface area contributed by atoms with Crippen molar-refractivity contribution in [1.82, 2.24) is 15.0 Å². The number of fused-ring (bicyclic) bond motifs is 3. The summed E-state index contributed by atoms with van der Waals surface area (Å²) in [5, 5.41) is 0.676. The summed E-state index contributed by atoms with van der Waals surface area (Å²) in [6.07, 6.45) is 1.09. The summed E-state index contributed by atoms with van der Waals surface area (Å²) >= 11 is 0.